The smallest absolute Gasteiger partial charge is 0.433 e. The second kappa shape index (κ2) is 6.42. The number of aromatic carboxylic acids is 1. The fourth-order valence-electron chi connectivity index (χ4n) is 1.84. The number of hydrogen-bond acceptors (Lipinski definition) is 5. The molecule has 1 unspecified atom stereocenters. The fourth-order valence-corrected chi connectivity index (χ4v) is 2.18. The van der Waals surface area contributed by atoms with Crippen LogP contribution in [0.15, 0.2) is 30.3 Å². The molecule has 0 aliphatic carbocycles. The summed E-state index contributed by atoms with van der Waals surface area (Å²) in [5.74, 6) is -2.73. The Morgan fingerprint density at radius 2 is 1.91 bits per heavy atom. The van der Waals surface area contributed by atoms with Gasteiger partial charge in [0.1, 0.15) is 11.5 Å². The molecule has 10 heteroatoms. The van der Waals surface area contributed by atoms with Crippen LogP contribution in [-0.4, -0.2) is 29.8 Å². The zero-order chi connectivity index (χ0) is 17.2. The summed E-state index contributed by atoms with van der Waals surface area (Å²) in [6.45, 7) is 0. The number of alkyl halides is 3. The Morgan fingerprint density at radius 1 is 1.26 bits per heavy atom. The van der Waals surface area contributed by atoms with Crippen LogP contribution in [-0.2, 0) is 23.0 Å². The average Bonchev–Trinajstić information content (AvgIpc) is 2.45. The summed E-state index contributed by atoms with van der Waals surface area (Å²) in [5, 5.41) is 9.11. The van der Waals surface area contributed by atoms with E-state index in [0.717, 1.165) is 0 Å². The average molecular weight is 345 g/mol. The topological polar surface area (TPSA) is 103 Å². The number of aromatic nitrogens is 2. The van der Waals surface area contributed by atoms with Crippen molar-refractivity contribution in [2.24, 2.45) is 0 Å². The standard InChI is InChI=1S/C13H9F3N2O4S/c14-13(15,16)10-5-9(17-11(18-10)6-23(21)22)7-3-1-2-4-8(7)12(19)20/h1-5H,6H2,(H,19,20)(H,21,22)/p-1. The summed E-state index contributed by atoms with van der Waals surface area (Å²) in [5.41, 5.74) is -1.98. The normalized spacial score (nSPS) is 12.9. The second-order valence-corrected chi connectivity index (χ2v) is 5.25. The minimum absolute atomic E-state index is 0.0640. The van der Waals surface area contributed by atoms with Crippen molar-refractivity contribution >= 4 is 17.0 Å². The van der Waals surface area contributed by atoms with Crippen molar-refractivity contribution in [3.8, 4) is 11.3 Å². The molecule has 1 N–H and O–H groups in total. The van der Waals surface area contributed by atoms with Crippen LogP contribution in [0.1, 0.15) is 21.9 Å². The van der Waals surface area contributed by atoms with Gasteiger partial charge in [0.25, 0.3) is 0 Å². The van der Waals surface area contributed by atoms with Gasteiger partial charge in [-0.25, -0.2) is 14.8 Å². The minimum atomic E-state index is -4.82. The van der Waals surface area contributed by atoms with E-state index in [-0.39, 0.29) is 16.8 Å². The van der Waals surface area contributed by atoms with Crippen LogP contribution >= 0.6 is 0 Å². The van der Waals surface area contributed by atoms with E-state index in [4.69, 9.17) is 5.11 Å². The van der Waals surface area contributed by atoms with Crippen molar-refractivity contribution in [1.82, 2.24) is 9.97 Å². The van der Waals surface area contributed by atoms with E-state index in [1.54, 1.807) is 0 Å². The first kappa shape index (κ1) is 17.0. The summed E-state index contributed by atoms with van der Waals surface area (Å²) in [7, 11) is 0. The molecule has 6 nitrogen and oxygen atoms in total. The second-order valence-electron chi connectivity index (χ2n) is 4.35. The van der Waals surface area contributed by atoms with Crippen molar-refractivity contribution in [3.05, 3.63) is 47.4 Å². The quantitative estimate of drug-likeness (QED) is 0.853. The van der Waals surface area contributed by atoms with E-state index >= 15 is 0 Å². The van der Waals surface area contributed by atoms with Gasteiger partial charge in [0.15, 0.2) is 0 Å². The van der Waals surface area contributed by atoms with Crippen LogP contribution in [0, 0.1) is 0 Å². The van der Waals surface area contributed by atoms with Gasteiger partial charge in [0, 0.05) is 5.56 Å². The summed E-state index contributed by atoms with van der Waals surface area (Å²) in [6.07, 6.45) is -4.82. The lowest BCUT2D eigenvalue weighted by Crippen LogP contribution is -2.13. The van der Waals surface area contributed by atoms with Crippen molar-refractivity contribution < 1.29 is 31.8 Å². The number of nitrogens with zero attached hydrogens (tertiary/aromatic N) is 2. The van der Waals surface area contributed by atoms with Crippen LogP contribution in [0.25, 0.3) is 11.3 Å². The largest absolute Gasteiger partial charge is 0.772 e. The molecule has 0 spiro atoms. The number of carboxylic acid groups (broad SMARTS) is 1. The van der Waals surface area contributed by atoms with Gasteiger partial charge in [-0.3, -0.25) is 4.21 Å². The predicted molar refractivity (Wildman–Crippen MR) is 72.1 cm³/mol. The molecule has 2 rings (SSSR count). The number of hydrogen-bond donors (Lipinski definition) is 1. The van der Waals surface area contributed by atoms with Gasteiger partial charge in [-0.1, -0.05) is 18.2 Å². The molecule has 1 heterocycles. The Bertz CT molecular complexity index is 780. The molecule has 0 amide bonds. The zero-order valence-electron chi connectivity index (χ0n) is 11.2. The van der Waals surface area contributed by atoms with E-state index in [0.29, 0.717) is 6.07 Å². The monoisotopic (exact) mass is 345 g/mol. The van der Waals surface area contributed by atoms with Crippen LogP contribution < -0.4 is 0 Å². The highest BCUT2D eigenvalue weighted by molar-refractivity contribution is 7.78. The Labute approximate surface area is 130 Å². The Kier molecular flexibility index (Phi) is 4.76. The van der Waals surface area contributed by atoms with Crippen molar-refractivity contribution in [1.29, 1.82) is 0 Å². The summed E-state index contributed by atoms with van der Waals surface area (Å²) in [6, 6.07) is 5.91. The summed E-state index contributed by atoms with van der Waals surface area (Å²) < 4.78 is 60.1. The maximum atomic E-state index is 12.9. The molecule has 23 heavy (non-hydrogen) atoms. The van der Waals surface area contributed by atoms with Gasteiger partial charge < -0.3 is 9.66 Å². The molecule has 1 aromatic heterocycles. The number of rotatable bonds is 4. The highest BCUT2D eigenvalue weighted by atomic mass is 32.2. The van der Waals surface area contributed by atoms with Gasteiger partial charge in [-0.2, -0.15) is 13.2 Å². The Hall–Kier alpha value is -2.33. The lowest BCUT2D eigenvalue weighted by Gasteiger charge is -2.12. The highest BCUT2D eigenvalue weighted by Crippen LogP contribution is 2.31. The third kappa shape index (κ3) is 4.11. The molecule has 0 aliphatic rings. The first-order valence-electron chi connectivity index (χ1n) is 6.02. The van der Waals surface area contributed by atoms with Gasteiger partial charge >= 0.3 is 12.1 Å². The number of carboxylic acids is 1. The van der Waals surface area contributed by atoms with Crippen molar-refractivity contribution in [2.45, 2.75) is 11.9 Å². The third-order valence-corrected chi connectivity index (χ3v) is 3.24. The minimum Gasteiger partial charge on any atom is -0.772 e. The SMILES string of the molecule is O=C(O)c1ccccc1-c1cc(C(F)(F)F)nc(CS(=O)[O-])n1. The van der Waals surface area contributed by atoms with E-state index in [1.807, 2.05) is 0 Å². The van der Waals surface area contributed by atoms with E-state index in [1.165, 1.54) is 24.3 Å². The number of carbonyl (C=O) groups is 1. The highest BCUT2D eigenvalue weighted by Gasteiger charge is 2.34. The van der Waals surface area contributed by atoms with Crippen LogP contribution in [0.3, 0.4) is 0 Å². The summed E-state index contributed by atoms with van der Waals surface area (Å²) >= 11 is -2.69. The third-order valence-electron chi connectivity index (χ3n) is 2.74. The molecule has 0 saturated carbocycles. The van der Waals surface area contributed by atoms with Crippen LogP contribution in [0.4, 0.5) is 13.2 Å². The van der Waals surface area contributed by atoms with E-state index in [2.05, 4.69) is 9.97 Å². The van der Waals surface area contributed by atoms with Crippen molar-refractivity contribution in [3.63, 3.8) is 0 Å². The van der Waals surface area contributed by atoms with Gasteiger partial charge in [0.05, 0.1) is 17.0 Å². The Morgan fingerprint density at radius 3 is 2.48 bits per heavy atom. The van der Waals surface area contributed by atoms with Crippen molar-refractivity contribution in [2.75, 3.05) is 0 Å². The van der Waals surface area contributed by atoms with Crippen LogP contribution in [0.2, 0.25) is 0 Å². The van der Waals surface area contributed by atoms with Crippen LogP contribution in [0.5, 0.6) is 0 Å². The van der Waals surface area contributed by atoms with E-state index < -0.39 is 40.5 Å². The molecular weight excluding hydrogens is 337 g/mol. The van der Waals surface area contributed by atoms with E-state index in [9.17, 15) is 26.7 Å². The molecule has 1 aromatic carbocycles. The maximum Gasteiger partial charge on any atom is 0.433 e. The van der Waals surface area contributed by atoms with Gasteiger partial charge in [-0.15, -0.1) is 0 Å². The fraction of sp³-hybridized carbons (Fsp3) is 0.154. The molecule has 0 bridgehead atoms. The molecule has 0 radical (unpaired) electrons. The maximum absolute atomic E-state index is 12.9. The number of halogens is 3. The van der Waals surface area contributed by atoms with Gasteiger partial charge in [-0.05, 0) is 23.2 Å². The lowest BCUT2D eigenvalue weighted by atomic mass is 10.0. The lowest BCUT2D eigenvalue weighted by molar-refractivity contribution is -0.141. The Balaban J connectivity index is 2.67. The molecule has 122 valence electrons. The van der Waals surface area contributed by atoms with Gasteiger partial charge in [0.2, 0.25) is 0 Å². The zero-order valence-corrected chi connectivity index (χ0v) is 12.0. The molecule has 0 saturated heterocycles. The first-order chi connectivity index (χ1) is 10.7. The molecule has 0 aliphatic heterocycles. The molecule has 0 fully saturated rings. The summed E-state index contributed by atoms with van der Waals surface area (Å²) in [4.78, 5) is 18.1. The first-order valence-corrected chi connectivity index (χ1v) is 7.26. The number of benzene rings is 1. The molecular formula is C13H8F3N2O4S-. The molecule has 1 atom stereocenters. The predicted octanol–water partition coefficient (Wildman–Crippen LogP) is 2.24. The molecule has 2 aromatic rings.